The van der Waals surface area contributed by atoms with Crippen molar-refractivity contribution < 1.29 is 49.2 Å². The van der Waals surface area contributed by atoms with Gasteiger partial charge in [0, 0.05) is 98.4 Å². The lowest BCUT2D eigenvalue weighted by Gasteiger charge is -2.36. The van der Waals surface area contributed by atoms with Gasteiger partial charge in [0.05, 0.1) is 10.6 Å². The first kappa shape index (κ1) is 51.4. The third kappa shape index (κ3) is 13.6. The maximum absolute atomic E-state index is 14.2. The highest BCUT2D eigenvalue weighted by Crippen LogP contribution is 2.38. The van der Waals surface area contributed by atoms with Gasteiger partial charge in [-0.05, 0) is 89.8 Å². The van der Waals surface area contributed by atoms with Crippen LogP contribution in [0, 0.1) is 0 Å². The predicted molar refractivity (Wildman–Crippen MR) is 259 cm³/mol. The number of amides is 1. The van der Waals surface area contributed by atoms with Crippen molar-refractivity contribution in [1.82, 2.24) is 19.4 Å². The van der Waals surface area contributed by atoms with E-state index in [2.05, 4.69) is 27.2 Å². The predicted octanol–water partition coefficient (Wildman–Crippen LogP) is 7.46. The molecule has 4 N–H and O–H groups in total. The van der Waals surface area contributed by atoms with E-state index in [9.17, 15) is 49.2 Å². The first-order valence-corrected chi connectivity index (χ1v) is 27.7. The van der Waals surface area contributed by atoms with Gasteiger partial charge in [-0.15, -0.1) is 11.8 Å². The van der Waals surface area contributed by atoms with Crippen LogP contribution in [0.2, 0.25) is 5.02 Å². The minimum absolute atomic E-state index is 0.0434. The fourth-order valence-electron chi connectivity index (χ4n) is 8.06. The minimum atomic E-state index is -6.13. The second kappa shape index (κ2) is 22.1. The number of hydrogen-bond donors (Lipinski definition) is 4. The van der Waals surface area contributed by atoms with Crippen LogP contribution >= 0.6 is 31.0 Å². The van der Waals surface area contributed by atoms with Gasteiger partial charge in [0.2, 0.25) is 0 Å². The van der Waals surface area contributed by atoms with Crippen LogP contribution in [0.1, 0.15) is 22.3 Å². The van der Waals surface area contributed by atoms with E-state index in [1.165, 1.54) is 29.5 Å². The lowest BCUT2D eigenvalue weighted by Crippen LogP contribution is -2.47. The molecule has 0 bridgehead atoms. The van der Waals surface area contributed by atoms with E-state index >= 15 is 0 Å². The molecule has 5 aromatic rings. The number of benzene rings is 5. The highest BCUT2D eigenvalue weighted by atomic mass is 35.5. The highest BCUT2D eigenvalue weighted by Gasteiger charge is 2.48. The lowest BCUT2D eigenvalue weighted by molar-refractivity contribution is -0.0436. The summed E-state index contributed by atoms with van der Waals surface area (Å²) < 4.78 is 110. The number of piperazine rings is 2. The number of hydrogen-bond acceptors (Lipinski definition) is 12. The molecule has 0 aliphatic carbocycles. The second-order valence-corrected chi connectivity index (χ2v) is 23.3. The summed E-state index contributed by atoms with van der Waals surface area (Å²) in [5.74, 6) is -0.789. The zero-order valence-corrected chi connectivity index (χ0v) is 40.7. The molecule has 0 radical (unpaired) electrons. The summed E-state index contributed by atoms with van der Waals surface area (Å²) in [6.45, 7) is 5.74. The molecule has 2 heterocycles. The summed E-state index contributed by atoms with van der Waals surface area (Å²) in [5.41, 5.74) is -2.13. The fraction of sp³-hybridized carbons (Fsp3) is 0.326. The van der Waals surface area contributed by atoms with Gasteiger partial charge < -0.3 is 24.9 Å². The van der Waals surface area contributed by atoms with Crippen molar-refractivity contribution in [2.24, 2.45) is 0 Å². The summed E-state index contributed by atoms with van der Waals surface area (Å²) >= 11 is 7.49. The van der Waals surface area contributed by atoms with Crippen LogP contribution in [-0.4, -0.2) is 130 Å². The zero-order chi connectivity index (χ0) is 48.7. The normalized spacial score (nSPS) is 16.4. The van der Waals surface area contributed by atoms with Crippen LogP contribution in [0.3, 0.4) is 0 Å². The fourth-order valence-corrected chi connectivity index (χ4v) is 12.0. The summed E-state index contributed by atoms with van der Waals surface area (Å²) in [4.78, 5) is 38.9. The number of sulfone groups is 1. The molecule has 68 heavy (non-hydrogen) atoms. The lowest BCUT2D eigenvalue weighted by atomic mass is 9.99. The van der Waals surface area contributed by atoms with Gasteiger partial charge in [-0.3, -0.25) is 19.2 Å². The molecule has 5 aromatic carbocycles. The molecule has 0 aromatic heterocycles. The maximum atomic E-state index is 14.2. The Kier molecular flexibility index (Phi) is 16.7. The molecule has 1 atom stereocenters. The molecular weight excluding hydrogens is 984 g/mol. The van der Waals surface area contributed by atoms with Crippen molar-refractivity contribution in [3.63, 3.8) is 0 Å². The number of alkyl halides is 3. The van der Waals surface area contributed by atoms with Gasteiger partial charge in [0.25, 0.3) is 25.8 Å². The van der Waals surface area contributed by atoms with E-state index in [1.54, 1.807) is 17.0 Å². The Balaban J connectivity index is 1.01. The molecular formula is C46H51ClF3N6O8PS3. The molecule has 0 unspecified atom stereocenters. The first-order chi connectivity index (χ1) is 32.2. The minimum Gasteiger partial charge on any atom is -0.380 e. The van der Waals surface area contributed by atoms with Crippen LogP contribution in [-0.2, 0) is 31.0 Å². The molecule has 22 heteroatoms. The summed E-state index contributed by atoms with van der Waals surface area (Å²) in [6.07, 6.45) is -0.0584. The zero-order valence-electron chi connectivity index (χ0n) is 36.6. The summed E-state index contributed by atoms with van der Waals surface area (Å²) in [6, 6.07) is 33.0. The van der Waals surface area contributed by atoms with Crippen molar-refractivity contribution in [2.45, 2.75) is 39.2 Å². The molecule has 2 aliphatic rings. The molecule has 2 saturated heterocycles. The van der Waals surface area contributed by atoms with Gasteiger partial charge in [0.15, 0.2) is 0 Å². The number of carbonyl (C=O) groups is 1. The number of halogens is 4. The molecule has 364 valence electrons. The van der Waals surface area contributed by atoms with E-state index in [1.807, 2.05) is 76.4 Å². The smallest absolute Gasteiger partial charge is 0.380 e. The Morgan fingerprint density at radius 2 is 1.38 bits per heavy atom. The van der Waals surface area contributed by atoms with Crippen molar-refractivity contribution in [3.8, 4) is 11.1 Å². The van der Waals surface area contributed by atoms with Crippen LogP contribution in [0.5, 0.6) is 0 Å². The van der Waals surface area contributed by atoms with E-state index in [4.69, 9.17) is 11.6 Å². The number of anilines is 2. The molecule has 14 nitrogen and oxygen atoms in total. The quantitative estimate of drug-likeness (QED) is 0.0502. The Bertz CT molecular complexity index is 2800. The number of carbonyl (C=O) groups excluding carboxylic acids is 1. The average Bonchev–Trinajstić information content (AvgIpc) is 3.30. The van der Waals surface area contributed by atoms with E-state index in [-0.39, 0.29) is 17.6 Å². The number of nitrogens with zero attached hydrogens (tertiary/aromatic N) is 4. The number of sulfonamides is 1. The van der Waals surface area contributed by atoms with Crippen molar-refractivity contribution in [3.05, 3.63) is 137 Å². The van der Waals surface area contributed by atoms with Gasteiger partial charge in [0.1, 0.15) is 11.2 Å². The highest BCUT2D eigenvalue weighted by molar-refractivity contribution is 7.99. The Labute approximate surface area is 403 Å². The third-order valence-corrected chi connectivity index (χ3v) is 16.8. The number of nitrogens with one attached hydrogen (secondary N) is 2. The standard InChI is InChI=1S/C46H51ClF3N6O8PS3/c47-37-14-10-34(11-15-37)42-9-5-4-6-36(42)31-54-26-28-56(29-27-54)39-16-12-35(13-17-39)45(57)52-68(63,64)41-18-19-43(44(30-41)67(61,62)46(48,49)50)51-38(32-66-40-7-2-1-3-8-40)20-21-53-22-24-55(25-23-53)33-65(58,59)60/h1-19,30,38,51H,20-29,31-33H2,(H,52,57)(H2,58,59,60)/t38-/m1/s1. The van der Waals surface area contributed by atoms with Crippen molar-refractivity contribution in [1.29, 1.82) is 0 Å². The molecule has 2 aliphatic heterocycles. The number of rotatable bonds is 18. The van der Waals surface area contributed by atoms with Gasteiger partial charge >= 0.3 is 13.1 Å². The Hall–Kier alpha value is -4.47. The molecule has 0 spiro atoms. The van der Waals surface area contributed by atoms with Gasteiger partial charge in [-0.2, -0.15) is 13.2 Å². The van der Waals surface area contributed by atoms with E-state index < -0.39 is 60.4 Å². The maximum Gasteiger partial charge on any atom is 0.501 e. The SMILES string of the molecule is O=C(NS(=O)(=O)c1ccc(N[C@H](CCN2CCN(CP(=O)(O)O)CC2)CSc2ccccc2)c(S(=O)(=O)C(F)(F)F)c1)c1ccc(N2CCN(Cc3ccccc3-c3ccc(Cl)cc3)CC2)cc1. The van der Waals surface area contributed by atoms with Gasteiger partial charge in [-0.1, -0.05) is 66.2 Å². The molecule has 2 fully saturated rings. The third-order valence-electron chi connectivity index (χ3n) is 11.7. The monoisotopic (exact) mass is 1030 g/mol. The molecule has 7 rings (SSSR count). The van der Waals surface area contributed by atoms with Crippen molar-refractivity contribution in [2.75, 3.05) is 81.2 Å². The first-order valence-electron chi connectivity index (χ1n) is 21.6. The van der Waals surface area contributed by atoms with Gasteiger partial charge in [-0.25, -0.2) is 21.6 Å². The summed E-state index contributed by atoms with van der Waals surface area (Å²) in [7, 11) is -15.3. The summed E-state index contributed by atoms with van der Waals surface area (Å²) in [5, 5.41) is 3.61. The number of thioether (sulfide) groups is 1. The van der Waals surface area contributed by atoms with Crippen molar-refractivity contribution >= 4 is 68.1 Å². The molecule has 0 saturated carbocycles. The second-order valence-electron chi connectivity index (χ2n) is 16.5. The topological polar surface area (TPSA) is 180 Å². The Morgan fingerprint density at radius 3 is 2.03 bits per heavy atom. The largest absolute Gasteiger partial charge is 0.501 e. The molecule has 1 amide bonds. The van der Waals surface area contributed by atoms with E-state index in [0.717, 1.165) is 53.5 Å². The Morgan fingerprint density at radius 1 is 0.765 bits per heavy atom. The van der Waals surface area contributed by atoms with Crippen LogP contribution in [0.4, 0.5) is 24.5 Å². The van der Waals surface area contributed by atoms with Crippen LogP contribution < -0.4 is 14.9 Å². The van der Waals surface area contributed by atoms with Crippen LogP contribution in [0.15, 0.2) is 136 Å². The van der Waals surface area contributed by atoms with Crippen LogP contribution in [0.25, 0.3) is 11.1 Å². The van der Waals surface area contributed by atoms with E-state index in [0.29, 0.717) is 63.3 Å². The average molecular weight is 1040 g/mol.